The Morgan fingerprint density at radius 3 is 2.49 bits per heavy atom. The molecule has 1 saturated heterocycles. The standard InChI is InChI=1S/C27H22BrFN2O5S/c1-34-21-10-8-20(9-11-21)31-26(33)23(30(27(31)37)15-25(32)35-2)14-18-13-19(28)7-12-24(18)36-16-17-5-3-4-6-22(17)29/h3-14H,15-16H2,1-2H3/b23-14-. The smallest absolute Gasteiger partial charge is 0.325 e. The van der Waals surface area contributed by atoms with Gasteiger partial charge in [0.05, 0.1) is 19.9 Å². The largest absolute Gasteiger partial charge is 0.497 e. The molecule has 0 unspecified atom stereocenters. The van der Waals surface area contributed by atoms with E-state index < -0.39 is 11.9 Å². The number of benzene rings is 3. The molecular formula is C27H22BrFN2O5S. The molecule has 7 nitrogen and oxygen atoms in total. The number of rotatable bonds is 8. The second-order valence-electron chi connectivity index (χ2n) is 7.88. The SMILES string of the molecule is COC(=O)CN1C(=S)N(c2ccc(OC)cc2)C(=O)/C1=C/c1cc(Br)ccc1OCc1ccccc1F. The van der Waals surface area contributed by atoms with Gasteiger partial charge in [0, 0.05) is 15.6 Å². The molecule has 0 aliphatic carbocycles. The third-order valence-corrected chi connectivity index (χ3v) is 6.48. The third-order valence-electron chi connectivity index (χ3n) is 5.59. The van der Waals surface area contributed by atoms with Crippen molar-refractivity contribution in [2.45, 2.75) is 6.61 Å². The summed E-state index contributed by atoms with van der Waals surface area (Å²) in [6.45, 7) is -0.278. The monoisotopic (exact) mass is 584 g/mol. The van der Waals surface area contributed by atoms with Crippen molar-refractivity contribution in [2.24, 2.45) is 0 Å². The van der Waals surface area contributed by atoms with E-state index in [-0.39, 0.29) is 29.8 Å². The van der Waals surface area contributed by atoms with Gasteiger partial charge in [-0.1, -0.05) is 34.1 Å². The van der Waals surface area contributed by atoms with Crippen LogP contribution < -0.4 is 14.4 Å². The molecule has 0 radical (unpaired) electrons. The molecule has 0 saturated carbocycles. The number of carbonyl (C=O) groups excluding carboxylic acids is 2. The van der Waals surface area contributed by atoms with Gasteiger partial charge in [-0.15, -0.1) is 0 Å². The van der Waals surface area contributed by atoms with E-state index in [2.05, 4.69) is 15.9 Å². The van der Waals surface area contributed by atoms with Crippen LogP contribution in [0.3, 0.4) is 0 Å². The number of halogens is 2. The van der Waals surface area contributed by atoms with Crippen LogP contribution in [0.1, 0.15) is 11.1 Å². The van der Waals surface area contributed by atoms with Gasteiger partial charge in [0.15, 0.2) is 5.11 Å². The fourth-order valence-corrected chi connectivity index (χ4v) is 4.40. The second kappa shape index (κ2) is 11.5. The third kappa shape index (κ3) is 5.81. The maximum atomic E-state index is 14.1. The molecule has 1 amide bonds. The Morgan fingerprint density at radius 1 is 1.08 bits per heavy atom. The number of thiocarbonyl (C=S) groups is 1. The van der Waals surface area contributed by atoms with Crippen LogP contribution in [-0.4, -0.2) is 42.7 Å². The molecule has 0 N–H and O–H groups in total. The number of hydrogen-bond donors (Lipinski definition) is 0. The van der Waals surface area contributed by atoms with Gasteiger partial charge >= 0.3 is 5.97 Å². The van der Waals surface area contributed by atoms with Gasteiger partial charge in [0.1, 0.15) is 36.2 Å². The maximum absolute atomic E-state index is 14.1. The molecule has 0 spiro atoms. The zero-order valence-electron chi connectivity index (χ0n) is 19.9. The number of amides is 1. The highest BCUT2D eigenvalue weighted by Crippen LogP contribution is 2.33. The number of ether oxygens (including phenoxy) is 3. The lowest BCUT2D eigenvalue weighted by molar-refractivity contribution is -0.140. The van der Waals surface area contributed by atoms with Crippen molar-refractivity contribution in [3.8, 4) is 11.5 Å². The lowest BCUT2D eigenvalue weighted by atomic mass is 10.1. The Bertz CT molecular complexity index is 1380. The fourth-order valence-electron chi connectivity index (χ4n) is 3.67. The van der Waals surface area contributed by atoms with E-state index in [0.717, 1.165) is 4.47 Å². The molecule has 37 heavy (non-hydrogen) atoms. The first-order valence-electron chi connectivity index (χ1n) is 11.1. The van der Waals surface area contributed by atoms with Gasteiger partial charge < -0.3 is 19.1 Å². The molecule has 1 heterocycles. The highest BCUT2D eigenvalue weighted by atomic mass is 79.9. The summed E-state index contributed by atoms with van der Waals surface area (Å²) in [5.41, 5.74) is 1.59. The number of nitrogens with zero attached hydrogens (tertiary/aromatic N) is 2. The number of anilines is 1. The molecule has 0 aromatic heterocycles. The summed E-state index contributed by atoms with van der Waals surface area (Å²) >= 11 is 9.04. The van der Waals surface area contributed by atoms with Crippen LogP contribution in [0.4, 0.5) is 10.1 Å². The van der Waals surface area contributed by atoms with Crippen LogP contribution in [0.5, 0.6) is 11.5 Å². The first kappa shape index (κ1) is 26.3. The minimum atomic E-state index is -0.567. The molecule has 1 fully saturated rings. The highest BCUT2D eigenvalue weighted by molar-refractivity contribution is 9.10. The van der Waals surface area contributed by atoms with Crippen molar-refractivity contribution in [3.05, 3.63) is 93.8 Å². The summed E-state index contributed by atoms with van der Waals surface area (Å²) < 4.78 is 30.8. The van der Waals surface area contributed by atoms with Crippen molar-refractivity contribution in [1.29, 1.82) is 0 Å². The molecule has 3 aromatic rings. The molecule has 10 heteroatoms. The Labute approximate surface area is 227 Å². The molecule has 190 valence electrons. The van der Waals surface area contributed by atoms with Crippen LogP contribution >= 0.6 is 28.1 Å². The number of methoxy groups -OCH3 is 2. The van der Waals surface area contributed by atoms with Crippen LogP contribution in [0.2, 0.25) is 0 Å². The van der Waals surface area contributed by atoms with Gasteiger partial charge in [-0.05, 0) is 66.8 Å². The molecular weight excluding hydrogens is 563 g/mol. The van der Waals surface area contributed by atoms with E-state index in [1.165, 1.54) is 23.0 Å². The molecule has 0 bridgehead atoms. The summed E-state index contributed by atoms with van der Waals surface area (Å²) in [5.74, 6) is -0.343. The Balaban J connectivity index is 1.72. The van der Waals surface area contributed by atoms with Crippen molar-refractivity contribution in [3.63, 3.8) is 0 Å². The Hall–Kier alpha value is -3.76. The van der Waals surface area contributed by atoms with Gasteiger partial charge in [-0.2, -0.15) is 0 Å². The van der Waals surface area contributed by atoms with E-state index in [1.807, 2.05) is 0 Å². The van der Waals surface area contributed by atoms with E-state index >= 15 is 0 Å². The fraction of sp³-hybridized carbons (Fsp3) is 0.148. The zero-order valence-corrected chi connectivity index (χ0v) is 22.3. The summed E-state index contributed by atoms with van der Waals surface area (Å²) in [6, 6.07) is 18.4. The summed E-state index contributed by atoms with van der Waals surface area (Å²) in [5, 5.41) is 0.121. The van der Waals surface area contributed by atoms with Crippen molar-refractivity contribution >= 4 is 56.9 Å². The first-order valence-corrected chi connectivity index (χ1v) is 12.3. The Morgan fingerprint density at radius 2 is 1.81 bits per heavy atom. The molecule has 1 aliphatic rings. The highest BCUT2D eigenvalue weighted by Gasteiger charge is 2.40. The average molecular weight is 585 g/mol. The summed E-state index contributed by atoms with van der Waals surface area (Å²) in [7, 11) is 2.81. The quantitative estimate of drug-likeness (QED) is 0.201. The van der Waals surface area contributed by atoms with E-state index in [4.69, 9.17) is 26.4 Å². The summed E-state index contributed by atoms with van der Waals surface area (Å²) in [4.78, 5) is 28.6. The Kier molecular flexibility index (Phi) is 8.20. The van der Waals surface area contributed by atoms with E-state index in [1.54, 1.807) is 73.8 Å². The lowest BCUT2D eigenvalue weighted by Gasteiger charge is -2.19. The van der Waals surface area contributed by atoms with Crippen LogP contribution in [0, 0.1) is 5.82 Å². The molecule has 0 atom stereocenters. The second-order valence-corrected chi connectivity index (χ2v) is 9.16. The normalized spacial score (nSPS) is 14.3. The van der Waals surface area contributed by atoms with Crippen LogP contribution in [0.25, 0.3) is 6.08 Å². The molecule has 3 aromatic carbocycles. The van der Waals surface area contributed by atoms with E-state index in [9.17, 15) is 14.0 Å². The maximum Gasteiger partial charge on any atom is 0.325 e. The van der Waals surface area contributed by atoms with Crippen LogP contribution in [0.15, 0.2) is 76.9 Å². The number of hydrogen-bond acceptors (Lipinski definition) is 6. The van der Waals surface area contributed by atoms with Crippen LogP contribution in [-0.2, 0) is 20.9 Å². The minimum absolute atomic E-state index is 0.0132. The number of carbonyl (C=O) groups is 2. The van der Waals surface area contributed by atoms with Crippen molar-refractivity contribution in [2.75, 3.05) is 25.7 Å². The number of esters is 1. The van der Waals surface area contributed by atoms with Gasteiger partial charge in [-0.3, -0.25) is 14.5 Å². The predicted molar refractivity (Wildman–Crippen MR) is 145 cm³/mol. The molecule has 4 rings (SSSR count). The van der Waals surface area contributed by atoms with Crippen molar-refractivity contribution in [1.82, 2.24) is 4.90 Å². The minimum Gasteiger partial charge on any atom is -0.497 e. The zero-order chi connectivity index (χ0) is 26.5. The van der Waals surface area contributed by atoms with Crippen molar-refractivity contribution < 1.29 is 28.2 Å². The predicted octanol–water partition coefficient (Wildman–Crippen LogP) is 5.32. The van der Waals surface area contributed by atoms with E-state index in [0.29, 0.717) is 28.3 Å². The van der Waals surface area contributed by atoms with Gasteiger partial charge in [0.25, 0.3) is 5.91 Å². The molecule has 1 aliphatic heterocycles. The van der Waals surface area contributed by atoms with Gasteiger partial charge in [0.2, 0.25) is 0 Å². The topological polar surface area (TPSA) is 68.3 Å². The summed E-state index contributed by atoms with van der Waals surface area (Å²) in [6.07, 6.45) is 1.59. The first-order chi connectivity index (χ1) is 17.8. The lowest BCUT2D eigenvalue weighted by Crippen LogP contribution is -2.35. The van der Waals surface area contributed by atoms with Gasteiger partial charge in [-0.25, -0.2) is 4.39 Å². The average Bonchev–Trinajstić information content (AvgIpc) is 3.12.